The van der Waals surface area contributed by atoms with Crippen molar-refractivity contribution < 1.29 is 21.6 Å². The zero-order chi connectivity index (χ0) is 22.4. The fourth-order valence-electron chi connectivity index (χ4n) is 3.60. The van der Waals surface area contributed by atoms with Crippen LogP contribution in [0.1, 0.15) is 51.2 Å². The van der Waals surface area contributed by atoms with Crippen molar-refractivity contribution in [3.8, 4) is 0 Å². The number of nitrogens with one attached hydrogen (secondary N) is 2. The summed E-state index contributed by atoms with van der Waals surface area (Å²) in [7, 11) is -6.80. The standard InChI is InChI=1S/C20H33N3O5S2/c1-4-12-30(27,28)23-11-7-10-18(14-23)20(24)21-13-17-8-5-6-9-19(17)15-29(25,26)22-16(2)3/h5-6,8-9,16,18,22H,4,7,10-15H2,1-3H3,(H,21,24). The summed E-state index contributed by atoms with van der Waals surface area (Å²) in [6.45, 7) is 6.19. The molecule has 0 spiro atoms. The maximum absolute atomic E-state index is 12.7. The quantitative estimate of drug-likeness (QED) is 0.552. The molecule has 1 aliphatic rings. The fraction of sp³-hybridized carbons (Fsp3) is 0.650. The molecular weight excluding hydrogens is 426 g/mol. The highest BCUT2D eigenvalue weighted by Crippen LogP contribution is 2.20. The summed E-state index contributed by atoms with van der Waals surface area (Å²) in [5.41, 5.74) is 1.35. The van der Waals surface area contributed by atoms with Crippen LogP contribution >= 0.6 is 0 Å². The van der Waals surface area contributed by atoms with Gasteiger partial charge in [-0.25, -0.2) is 25.9 Å². The lowest BCUT2D eigenvalue weighted by molar-refractivity contribution is -0.126. The van der Waals surface area contributed by atoms with E-state index < -0.39 is 26.0 Å². The predicted octanol–water partition coefficient (Wildman–Crippen LogP) is 1.58. The second-order valence-corrected chi connectivity index (χ2v) is 11.9. The number of amides is 1. The van der Waals surface area contributed by atoms with Crippen molar-refractivity contribution in [3.63, 3.8) is 0 Å². The van der Waals surface area contributed by atoms with Gasteiger partial charge in [0.25, 0.3) is 0 Å². The van der Waals surface area contributed by atoms with E-state index in [1.165, 1.54) is 4.31 Å². The number of carbonyl (C=O) groups excluding carboxylic acids is 1. The van der Waals surface area contributed by atoms with E-state index in [0.717, 1.165) is 5.56 Å². The monoisotopic (exact) mass is 459 g/mol. The van der Waals surface area contributed by atoms with Crippen molar-refractivity contribution in [2.45, 2.75) is 58.4 Å². The molecule has 8 nitrogen and oxygen atoms in total. The van der Waals surface area contributed by atoms with Crippen LogP contribution in [0.15, 0.2) is 24.3 Å². The van der Waals surface area contributed by atoms with E-state index in [1.54, 1.807) is 38.1 Å². The highest BCUT2D eigenvalue weighted by Gasteiger charge is 2.31. The van der Waals surface area contributed by atoms with Crippen LogP contribution in [-0.4, -0.2) is 51.9 Å². The Balaban J connectivity index is 2.01. The van der Waals surface area contributed by atoms with Crippen LogP contribution in [0.4, 0.5) is 0 Å². The van der Waals surface area contributed by atoms with Crippen molar-refractivity contribution >= 4 is 26.0 Å². The molecule has 2 rings (SSSR count). The molecule has 30 heavy (non-hydrogen) atoms. The van der Waals surface area contributed by atoms with Gasteiger partial charge in [0.05, 0.1) is 17.4 Å². The Morgan fingerprint density at radius 3 is 2.47 bits per heavy atom. The first-order valence-electron chi connectivity index (χ1n) is 10.4. The van der Waals surface area contributed by atoms with E-state index in [9.17, 15) is 21.6 Å². The Morgan fingerprint density at radius 2 is 1.83 bits per heavy atom. The second kappa shape index (κ2) is 10.7. The maximum atomic E-state index is 12.7. The molecule has 1 amide bonds. The number of carbonyl (C=O) groups is 1. The Hall–Kier alpha value is -1.49. The van der Waals surface area contributed by atoms with Gasteiger partial charge in [0.1, 0.15) is 0 Å². The van der Waals surface area contributed by atoms with E-state index in [4.69, 9.17) is 0 Å². The van der Waals surface area contributed by atoms with E-state index in [0.29, 0.717) is 31.4 Å². The van der Waals surface area contributed by atoms with Crippen LogP contribution in [0.5, 0.6) is 0 Å². The van der Waals surface area contributed by atoms with E-state index >= 15 is 0 Å². The number of hydrogen-bond acceptors (Lipinski definition) is 5. The Labute approximate surface area is 180 Å². The smallest absolute Gasteiger partial charge is 0.224 e. The number of benzene rings is 1. The van der Waals surface area contributed by atoms with Crippen molar-refractivity contribution in [2.24, 2.45) is 5.92 Å². The summed E-state index contributed by atoms with van der Waals surface area (Å²) in [4.78, 5) is 12.7. The summed E-state index contributed by atoms with van der Waals surface area (Å²) >= 11 is 0. The summed E-state index contributed by atoms with van der Waals surface area (Å²) in [6.07, 6.45) is 1.83. The van der Waals surface area contributed by atoms with Gasteiger partial charge in [0.2, 0.25) is 26.0 Å². The lowest BCUT2D eigenvalue weighted by Gasteiger charge is -2.31. The Bertz CT molecular complexity index is 930. The molecule has 1 aromatic rings. The summed E-state index contributed by atoms with van der Waals surface area (Å²) in [6, 6.07) is 6.90. The average molecular weight is 460 g/mol. The Morgan fingerprint density at radius 1 is 1.17 bits per heavy atom. The molecule has 0 bridgehead atoms. The minimum absolute atomic E-state index is 0.0909. The molecule has 170 valence electrons. The Kier molecular flexibility index (Phi) is 8.84. The van der Waals surface area contributed by atoms with Crippen LogP contribution in [0.25, 0.3) is 0 Å². The molecule has 0 aliphatic carbocycles. The van der Waals surface area contributed by atoms with Gasteiger partial charge in [-0.15, -0.1) is 0 Å². The maximum Gasteiger partial charge on any atom is 0.224 e. The summed E-state index contributed by atoms with van der Waals surface area (Å²) in [5, 5.41) is 2.86. The van der Waals surface area contributed by atoms with Crippen molar-refractivity contribution in [2.75, 3.05) is 18.8 Å². The van der Waals surface area contributed by atoms with Gasteiger partial charge in [-0.2, -0.15) is 0 Å². The molecule has 1 heterocycles. The average Bonchev–Trinajstić information content (AvgIpc) is 2.66. The molecule has 1 saturated heterocycles. The van der Waals surface area contributed by atoms with Gasteiger partial charge in [-0.1, -0.05) is 31.2 Å². The van der Waals surface area contributed by atoms with Gasteiger partial charge in [-0.05, 0) is 44.2 Å². The van der Waals surface area contributed by atoms with E-state index in [2.05, 4.69) is 10.0 Å². The minimum atomic E-state index is -3.48. The van der Waals surface area contributed by atoms with Gasteiger partial charge >= 0.3 is 0 Å². The van der Waals surface area contributed by atoms with Crippen LogP contribution in [0, 0.1) is 5.92 Å². The topological polar surface area (TPSA) is 113 Å². The lowest BCUT2D eigenvalue weighted by Crippen LogP contribution is -2.46. The molecule has 1 aliphatic heterocycles. The normalized spacial score (nSPS) is 18.5. The number of nitrogens with zero attached hydrogens (tertiary/aromatic N) is 1. The molecule has 0 aromatic heterocycles. The van der Waals surface area contributed by atoms with Crippen LogP contribution in [0.3, 0.4) is 0 Å². The first-order chi connectivity index (χ1) is 14.0. The third-order valence-electron chi connectivity index (χ3n) is 4.94. The zero-order valence-corrected chi connectivity index (χ0v) is 19.6. The first-order valence-corrected chi connectivity index (χ1v) is 13.6. The van der Waals surface area contributed by atoms with Gasteiger partial charge in [0, 0.05) is 25.7 Å². The SMILES string of the molecule is CCCS(=O)(=O)N1CCCC(C(=O)NCc2ccccc2CS(=O)(=O)NC(C)C)C1. The van der Waals surface area contributed by atoms with Crippen LogP contribution in [-0.2, 0) is 37.1 Å². The zero-order valence-electron chi connectivity index (χ0n) is 17.9. The van der Waals surface area contributed by atoms with Gasteiger partial charge < -0.3 is 5.32 Å². The third kappa shape index (κ3) is 7.33. The number of hydrogen-bond donors (Lipinski definition) is 2. The molecule has 1 unspecified atom stereocenters. The van der Waals surface area contributed by atoms with E-state index in [1.807, 2.05) is 6.92 Å². The number of piperidine rings is 1. The lowest BCUT2D eigenvalue weighted by atomic mass is 9.98. The van der Waals surface area contributed by atoms with E-state index in [-0.39, 0.29) is 36.5 Å². The number of sulfonamides is 2. The molecule has 1 fully saturated rings. The predicted molar refractivity (Wildman–Crippen MR) is 118 cm³/mol. The summed E-state index contributed by atoms with van der Waals surface area (Å²) in [5.74, 6) is -0.676. The molecule has 1 atom stereocenters. The fourth-order valence-corrected chi connectivity index (χ4v) is 6.68. The highest BCUT2D eigenvalue weighted by molar-refractivity contribution is 7.89. The van der Waals surface area contributed by atoms with Gasteiger partial charge in [-0.3, -0.25) is 4.79 Å². The summed E-state index contributed by atoms with van der Waals surface area (Å²) < 4.78 is 53.2. The first kappa shape index (κ1) is 24.8. The van der Waals surface area contributed by atoms with Gasteiger partial charge in [0.15, 0.2) is 0 Å². The van der Waals surface area contributed by atoms with Crippen molar-refractivity contribution in [1.29, 1.82) is 0 Å². The van der Waals surface area contributed by atoms with Crippen LogP contribution in [0.2, 0.25) is 0 Å². The molecular formula is C20H33N3O5S2. The highest BCUT2D eigenvalue weighted by atomic mass is 32.2. The van der Waals surface area contributed by atoms with Crippen molar-refractivity contribution in [3.05, 3.63) is 35.4 Å². The molecule has 0 saturated carbocycles. The third-order valence-corrected chi connectivity index (χ3v) is 8.51. The second-order valence-electron chi connectivity index (χ2n) is 8.03. The molecule has 10 heteroatoms. The molecule has 1 aromatic carbocycles. The number of rotatable bonds is 10. The minimum Gasteiger partial charge on any atom is -0.352 e. The van der Waals surface area contributed by atoms with Crippen molar-refractivity contribution in [1.82, 2.24) is 14.3 Å². The van der Waals surface area contributed by atoms with Crippen LogP contribution < -0.4 is 10.0 Å². The molecule has 0 radical (unpaired) electrons. The largest absolute Gasteiger partial charge is 0.352 e. The molecule has 2 N–H and O–H groups in total.